The van der Waals surface area contributed by atoms with Crippen molar-refractivity contribution in [2.75, 3.05) is 23.7 Å². The first-order chi connectivity index (χ1) is 22.8. The molecule has 0 aromatic heterocycles. The lowest BCUT2D eigenvalue weighted by Gasteiger charge is -2.54. The summed E-state index contributed by atoms with van der Waals surface area (Å²) in [5.74, 6) is -2.59. The molecule has 6 rings (SSSR count). The molecule has 3 N–H and O–H groups in total. The number of carbonyl (C=O) groups is 5. The number of amides is 5. The number of benzene rings is 2. The first-order valence-corrected chi connectivity index (χ1v) is 17.3. The van der Waals surface area contributed by atoms with Crippen LogP contribution in [-0.2, 0) is 25.6 Å². The number of hydrogen-bond donors (Lipinski definition) is 3. The van der Waals surface area contributed by atoms with Crippen molar-refractivity contribution < 1.29 is 37.8 Å². The van der Waals surface area contributed by atoms with E-state index in [0.717, 1.165) is 17.8 Å². The quantitative estimate of drug-likeness (QED) is 0.348. The molecule has 49 heavy (non-hydrogen) atoms. The summed E-state index contributed by atoms with van der Waals surface area (Å²) in [6.45, 7) is 11.0. The van der Waals surface area contributed by atoms with Crippen molar-refractivity contribution in [3.8, 4) is 0 Å². The average Bonchev–Trinajstić information content (AvgIpc) is 3.10. The molecule has 0 radical (unpaired) electrons. The van der Waals surface area contributed by atoms with Crippen molar-refractivity contribution in [1.29, 1.82) is 0 Å². The summed E-state index contributed by atoms with van der Waals surface area (Å²) in [4.78, 5) is 69.2. The maximum atomic E-state index is 15.5. The monoisotopic (exact) mass is 717 g/mol. The molecular formula is C34H41ClFN5O7S. The second kappa shape index (κ2) is 13.7. The van der Waals surface area contributed by atoms with E-state index in [1.807, 2.05) is 0 Å². The predicted octanol–water partition coefficient (Wildman–Crippen LogP) is 5.42. The van der Waals surface area contributed by atoms with E-state index in [2.05, 4.69) is 16.2 Å². The molecule has 12 nitrogen and oxygen atoms in total. The van der Waals surface area contributed by atoms with Crippen LogP contribution in [0, 0.1) is 17.2 Å². The Labute approximate surface area is 293 Å². The van der Waals surface area contributed by atoms with Crippen LogP contribution in [0.1, 0.15) is 70.3 Å². The molecule has 2 bridgehead atoms. The number of anilines is 1. The van der Waals surface area contributed by atoms with Gasteiger partial charge in [0.1, 0.15) is 23.1 Å². The molecule has 0 unspecified atom stereocenters. The zero-order valence-electron chi connectivity index (χ0n) is 28.3. The van der Waals surface area contributed by atoms with Gasteiger partial charge in [0.05, 0.1) is 23.2 Å². The SMILES string of the molecule is CC(C)(C)OC(=O)N[C@H]1CSc2cc(F)c(C(=O)NNC(=O)C34CC(CN(C(=O)OC(C)(C)C)C3)C4)cc2N(Cc2ccc(Cl)cc2)C1=O. The van der Waals surface area contributed by atoms with Gasteiger partial charge in [0.25, 0.3) is 11.8 Å². The summed E-state index contributed by atoms with van der Waals surface area (Å²) in [7, 11) is 0. The Morgan fingerprint density at radius 2 is 1.65 bits per heavy atom. The summed E-state index contributed by atoms with van der Waals surface area (Å²) in [6, 6.07) is 8.18. The minimum Gasteiger partial charge on any atom is -0.444 e. The summed E-state index contributed by atoms with van der Waals surface area (Å²) in [6.07, 6.45) is -0.211. The lowest BCUT2D eigenvalue weighted by Crippen LogP contribution is -2.65. The third kappa shape index (κ3) is 8.58. The van der Waals surface area contributed by atoms with E-state index in [0.29, 0.717) is 34.9 Å². The Balaban J connectivity index is 1.34. The summed E-state index contributed by atoms with van der Waals surface area (Å²) < 4.78 is 26.4. The number of nitrogens with zero attached hydrogens (tertiary/aromatic N) is 2. The molecular weight excluding hydrogens is 677 g/mol. The van der Waals surface area contributed by atoms with Crippen LogP contribution >= 0.6 is 23.4 Å². The topological polar surface area (TPSA) is 146 Å². The van der Waals surface area contributed by atoms with Crippen LogP contribution in [0.5, 0.6) is 0 Å². The molecule has 3 heterocycles. The number of hydrazine groups is 1. The van der Waals surface area contributed by atoms with E-state index in [9.17, 15) is 24.0 Å². The van der Waals surface area contributed by atoms with Crippen molar-refractivity contribution in [3.05, 3.63) is 58.4 Å². The Kier molecular flexibility index (Phi) is 10.1. The van der Waals surface area contributed by atoms with Gasteiger partial charge in [-0.1, -0.05) is 23.7 Å². The normalized spacial score (nSPS) is 21.8. The number of hydrogen-bond acceptors (Lipinski definition) is 8. The van der Waals surface area contributed by atoms with Crippen molar-refractivity contribution in [2.24, 2.45) is 11.3 Å². The predicted molar refractivity (Wildman–Crippen MR) is 181 cm³/mol. The highest BCUT2D eigenvalue weighted by Crippen LogP contribution is 2.50. The zero-order chi connectivity index (χ0) is 35.9. The number of thioether (sulfide) groups is 1. The van der Waals surface area contributed by atoms with Gasteiger partial charge in [-0.05, 0) is 90.1 Å². The summed E-state index contributed by atoms with van der Waals surface area (Å²) in [5, 5.41) is 3.12. The Hall–Kier alpha value is -4.04. The minimum atomic E-state index is -1.03. The molecule has 4 aliphatic rings. The molecule has 3 aliphatic heterocycles. The molecule has 264 valence electrons. The van der Waals surface area contributed by atoms with Gasteiger partial charge in [0.2, 0.25) is 5.91 Å². The number of piperidine rings is 2. The lowest BCUT2D eigenvalue weighted by atomic mass is 9.58. The van der Waals surface area contributed by atoms with E-state index in [-0.39, 0.29) is 30.4 Å². The van der Waals surface area contributed by atoms with E-state index in [1.54, 1.807) is 65.8 Å². The zero-order valence-corrected chi connectivity index (χ0v) is 29.9. The Morgan fingerprint density at radius 3 is 2.29 bits per heavy atom. The molecule has 2 saturated heterocycles. The maximum absolute atomic E-state index is 15.5. The number of halogens is 2. The van der Waals surface area contributed by atoms with Gasteiger partial charge in [0.15, 0.2) is 0 Å². The van der Waals surface area contributed by atoms with E-state index >= 15 is 4.39 Å². The molecule has 15 heteroatoms. The van der Waals surface area contributed by atoms with E-state index < -0.39 is 63.9 Å². The summed E-state index contributed by atoms with van der Waals surface area (Å²) >= 11 is 7.21. The number of nitrogens with one attached hydrogen (secondary N) is 3. The molecule has 5 amide bonds. The maximum Gasteiger partial charge on any atom is 0.410 e. The summed E-state index contributed by atoms with van der Waals surface area (Å²) in [5.41, 5.74) is 2.88. The fourth-order valence-electron chi connectivity index (χ4n) is 6.17. The molecule has 3 fully saturated rings. The molecule has 1 aliphatic carbocycles. The highest BCUT2D eigenvalue weighted by molar-refractivity contribution is 7.99. The molecule has 0 spiro atoms. The van der Waals surface area contributed by atoms with Gasteiger partial charge in [-0.3, -0.25) is 25.2 Å². The highest BCUT2D eigenvalue weighted by Gasteiger charge is 2.56. The first-order valence-electron chi connectivity index (χ1n) is 15.9. The van der Waals surface area contributed by atoms with Gasteiger partial charge < -0.3 is 24.6 Å². The standard InChI is InChI=1S/C34H41ClFN5O7S/c1-32(2,3)47-30(45)37-24-17-49-26-12-23(36)22(11-25(26)41(28(24)43)16-19-7-9-21(35)10-8-19)27(42)38-39-29(44)34-13-20(14-34)15-40(18-34)31(46)48-33(4,5)6/h7-12,20,24H,13-18H2,1-6H3,(H,37,45)(H,38,42)(H,39,44)/t20?,24-,34?/m0/s1. The van der Waals surface area contributed by atoms with E-state index in [1.165, 1.54) is 15.9 Å². The van der Waals surface area contributed by atoms with E-state index in [4.69, 9.17) is 21.1 Å². The van der Waals surface area contributed by atoms with Crippen molar-refractivity contribution >= 4 is 59.0 Å². The van der Waals surface area contributed by atoms with Crippen LogP contribution in [-0.4, -0.2) is 70.9 Å². The van der Waals surface area contributed by atoms with Crippen molar-refractivity contribution in [2.45, 2.75) is 83.1 Å². The fraction of sp³-hybridized carbons (Fsp3) is 0.500. The number of alkyl carbamates (subject to hydrolysis) is 1. The largest absolute Gasteiger partial charge is 0.444 e. The van der Waals surface area contributed by atoms with Gasteiger partial charge in [-0.15, -0.1) is 11.8 Å². The minimum absolute atomic E-state index is 0.0251. The van der Waals surface area contributed by atoms with Gasteiger partial charge >= 0.3 is 12.2 Å². The van der Waals surface area contributed by atoms with Crippen molar-refractivity contribution in [1.82, 2.24) is 21.1 Å². The molecule has 1 atom stereocenters. The number of carbonyl (C=O) groups excluding carboxylic acids is 5. The molecule has 2 aromatic carbocycles. The van der Waals surface area contributed by atoms with Gasteiger partial charge in [-0.25, -0.2) is 14.0 Å². The first kappa shape index (κ1) is 36.2. The van der Waals surface area contributed by atoms with Crippen LogP contribution in [0.25, 0.3) is 0 Å². The number of rotatable bonds is 5. The number of fused-ring (bicyclic) bond motifs is 3. The fourth-order valence-corrected chi connectivity index (χ4v) is 7.37. The Bertz CT molecular complexity index is 1650. The lowest BCUT2D eigenvalue weighted by molar-refractivity contribution is -0.149. The number of ether oxygens (including phenoxy) is 2. The van der Waals surface area contributed by atoms with Crippen LogP contribution in [0.15, 0.2) is 41.3 Å². The Morgan fingerprint density at radius 1 is 1.00 bits per heavy atom. The van der Waals surface area contributed by atoms with Gasteiger partial charge in [0, 0.05) is 28.8 Å². The average molecular weight is 718 g/mol. The molecule has 2 aromatic rings. The molecule has 1 saturated carbocycles. The van der Waals surface area contributed by atoms with Gasteiger partial charge in [-0.2, -0.15) is 0 Å². The third-order valence-electron chi connectivity index (χ3n) is 8.25. The second-order valence-electron chi connectivity index (χ2n) is 14.7. The van der Waals surface area contributed by atoms with Crippen molar-refractivity contribution in [3.63, 3.8) is 0 Å². The second-order valence-corrected chi connectivity index (χ2v) is 16.2. The van der Waals surface area contributed by atoms with Crippen LogP contribution < -0.4 is 21.1 Å². The highest BCUT2D eigenvalue weighted by atomic mass is 35.5. The smallest absolute Gasteiger partial charge is 0.410 e. The van der Waals surface area contributed by atoms with Crippen LogP contribution in [0.2, 0.25) is 5.02 Å². The van der Waals surface area contributed by atoms with Crippen LogP contribution in [0.3, 0.4) is 0 Å². The van der Waals surface area contributed by atoms with Crippen LogP contribution in [0.4, 0.5) is 19.7 Å². The third-order valence-corrected chi connectivity index (χ3v) is 9.64.